The van der Waals surface area contributed by atoms with E-state index in [2.05, 4.69) is 10.3 Å². The molecule has 0 bridgehead atoms. The molecular weight excluding hydrogens is 387 g/mol. The van der Waals surface area contributed by atoms with Crippen molar-refractivity contribution >= 4 is 18.1 Å². The van der Waals surface area contributed by atoms with Gasteiger partial charge in [0, 0.05) is 37.9 Å². The van der Waals surface area contributed by atoms with Gasteiger partial charge < -0.3 is 19.3 Å². The van der Waals surface area contributed by atoms with Gasteiger partial charge in [0.1, 0.15) is 0 Å². The van der Waals surface area contributed by atoms with Gasteiger partial charge in [0.25, 0.3) is 5.56 Å². The van der Waals surface area contributed by atoms with Crippen LogP contribution in [0.2, 0.25) is 0 Å². The predicted octanol–water partition coefficient (Wildman–Crippen LogP) is 0.0277. The van der Waals surface area contributed by atoms with E-state index in [-0.39, 0.29) is 6.61 Å². The number of aromatic nitrogens is 2. The fourth-order valence-electron chi connectivity index (χ4n) is 2.80. The van der Waals surface area contributed by atoms with Crippen molar-refractivity contribution in [1.82, 2.24) is 19.5 Å². The molecule has 0 spiro atoms. The van der Waals surface area contributed by atoms with E-state index in [1.54, 1.807) is 11.6 Å². The van der Waals surface area contributed by atoms with Crippen molar-refractivity contribution in [1.29, 1.82) is 0 Å². The Bertz CT molecular complexity index is 792. The Kier molecular flexibility index (Phi) is 6.34. The van der Waals surface area contributed by atoms with E-state index in [4.69, 9.17) is 25.2 Å². The van der Waals surface area contributed by atoms with Gasteiger partial charge in [-0.1, -0.05) is 0 Å². The Morgan fingerprint density at radius 2 is 2.08 bits per heavy atom. The lowest BCUT2D eigenvalue weighted by atomic mass is 10.3. The highest BCUT2D eigenvalue weighted by atomic mass is 35.7. The molecule has 2 fully saturated rings. The van der Waals surface area contributed by atoms with Crippen molar-refractivity contribution in [3.05, 3.63) is 32.6 Å². The van der Waals surface area contributed by atoms with Crippen LogP contribution in [-0.4, -0.2) is 66.3 Å². The molecule has 146 valence electrons. The Labute approximate surface area is 154 Å². The van der Waals surface area contributed by atoms with Crippen molar-refractivity contribution in [3.8, 4) is 0 Å². The monoisotopic (exact) mass is 408 g/mol. The molecular formula is C14H22ClN4O6P. The summed E-state index contributed by atoms with van der Waals surface area (Å²) in [5, 5.41) is 3.14. The summed E-state index contributed by atoms with van der Waals surface area (Å²) in [7, 11) is 0. The van der Waals surface area contributed by atoms with Crippen molar-refractivity contribution in [2.75, 3.05) is 46.0 Å². The molecule has 12 heteroatoms. The van der Waals surface area contributed by atoms with Gasteiger partial charge >= 0.3 is 12.6 Å². The maximum absolute atomic E-state index is 12.5. The van der Waals surface area contributed by atoms with Crippen LogP contribution in [0.4, 0.5) is 0 Å². The van der Waals surface area contributed by atoms with Crippen LogP contribution in [0.25, 0.3) is 0 Å². The number of aryl methyl sites for hydroxylation is 1. The summed E-state index contributed by atoms with van der Waals surface area (Å²) in [5.74, 6) is 0. The van der Waals surface area contributed by atoms with Crippen LogP contribution in [0.1, 0.15) is 11.8 Å². The molecule has 3 atom stereocenters. The minimum atomic E-state index is -3.45. The van der Waals surface area contributed by atoms with Crippen LogP contribution in [0.3, 0.4) is 0 Å². The average molecular weight is 409 g/mol. The van der Waals surface area contributed by atoms with E-state index < -0.39 is 30.5 Å². The number of hydrogen-bond acceptors (Lipinski definition) is 7. The third kappa shape index (κ3) is 4.64. The first-order valence-electron chi connectivity index (χ1n) is 8.32. The molecule has 10 nitrogen and oxygen atoms in total. The van der Waals surface area contributed by atoms with Crippen LogP contribution in [-0.2, 0) is 18.6 Å². The smallest absolute Gasteiger partial charge is 0.363 e. The van der Waals surface area contributed by atoms with Crippen LogP contribution in [0.5, 0.6) is 0 Å². The summed E-state index contributed by atoms with van der Waals surface area (Å²) in [4.78, 5) is 25.8. The third-order valence-electron chi connectivity index (χ3n) is 4.24. The first-order valence-corrected chi connectivity index (χ1v) is 10.8. The van der Waals surface area contributed by atoms with Gasteiger partial charge in [-0.15, -0.1) is 0 Å². The largest absolute Gasteiger partial charge is 0.379 e. The molecule has 3 heterocycles. The Balaban J connectivity index is 1.62. The summed E-state index contributed by atoms with van der Waals surface area (Å²) < 4.78 is 32.0. The molecule has 2 aliphatic rings. The Morgan fingerprint density at radius 1 is 1.35 bits per heavy atom. The number of rotatable bonds is 5. The SMILES string of the molecule is Cc1cn([C@H]2CNC[C@@H](COP(=O)(Cl)N3CCOCC3)O2)c(=O)[nH]c1=O. The molecule has 0 saturated carbocycles. The maximum Gasteiger partial charge on any atom is 0.363 e. The van der Waals surface area contributed by atoms with Crippen molar-refractivity contribution in [2.45, 2.75) is 19.3 Å². The number of morpholine rings is 2. The zero-order valence-electron chi connectivity index (χ0n) is 14.4. The zero-order chi connectivity index (χ0) is 18.7. The van der Waals surface area contributed by atoms with Crippen molar-refractivity contribution in [2.24, 2.45) is 0 Å². The average Bonchev–Trinajstić information content (AvgIpc) is 2.64. The molecule has 1 unspecified atom stereocenters. The molecule has 0 aliphatic carbocycles. The van der Waals surface area contributed by atoms with E-state index in [1.165, 1.54) is 10.8 Å². The fraction of sp³-hybridized carbons (Fsp3) is 0.714. The normalized spacial score (nSPS) is 27.2. The molecule has 0 radical (unpaired) electrons. The lowest BCUT2D eigenvalue weighted by Crippen LogP contribution is -2.47. The van der Waals surface area contributed by atoms with Crippen molar-refractivity contribution in [3.63, 3.8) is 0 Å². The number of halogens is 1. The van der Waals surface area contributed by atoms with E-state index in [1.807, 2.05) is 0 Å². The Hall–Kier alpha value is -1.00. The molecule has 1 aromatic rings. The molecule has 3 rings (SSSR count). The summed E-state index contributed by atoms with van der Waals surface area (Å²) in [5.41, 5.74) is -0.571. The minimum Gasteiger partial charge on any atom is -0.379 e. The van der Waals surface area contributed by atoms with Crippen LogP contribution >= 0.6 is 18.1 Å². The highest BCUT2D eigenvalue weighted by Crippen LogP contribution is 2.56. The quantitative estimate of drug-likeness (QED) is 0.656. The molecule has 0 aromatic carbocycles. The standard InChI is InChI=1S/C14H22ClN4O6P/c1-10-8-19(14(21)17-13(10)20)12-7-16-6-11(25-12)9-24-26(15,22)18-2-4-23-5-3-18/h8,11-12,16H,2-7,9H2,1H3,(H,17,20,21)/t11-,12+,26?/m0/s1. The van der Waals surface area contributed by atoms with Gasteiger partial charge in [0.05, 0.1) is 25.9 Å². The molecule has 26 heavy (non-hydrogen) atoms. The zero-order valence-corrected chi connectivity index (χ0v) is 16.0. The number of H-pyrrole nitrogens is 1. The lowest BCUT2D eigenvalue weighted by molar-refractivity contribution is -0.0936. The maximum atomic E-state index is 12.5. The van der Waals surface area contributed by atoms with Gasteiger partial charge in [0.15, 0.2) is 6.23 Å². The number of nitrogens with zero attached hydrogens (tertiary/aromatic N) is 2. The topological polar surface area (TPSA) is 115 Å². The molecule has 1 aromatic heterocycles. The highest BCUT2D eigenvalue weighted by Gasteiger charge is 2.33. The predicted molar refractivity (Wildman–Crippen MR) is 94.6 cm³/mol. The lowest BCUT2D eigenvalue weighted by Gasteiger charge is -2.34. The number of nitrogens with one attached hydrogen (secondary N) is 2. The second-order valence-electron chi connectivity index (χ2n) is 6.16. The molecule has 0 amide bonds. The number of hydrogen-bond donors (Lipinski definition) is 2. The van der Waals surface area contributed by atoms with Gasteiger partial charge in [-0.05, 0) is 18.2 Å². The molecule has 2 saturated heterocycles. The second kappa shape index (κ2) is 8.35. The van der Waals surface area contributed by atoms with E-state index in [0.29, 0.717) is 45.0 Å². The summed E-state index contributed by atoms with van der Waals surface area (Å²) in [6.07, 6.45) is 0.399. The Morgan fingerprint density at radius 3 is 2.81 bits per heavy atom. The first-order chi connectivity index (χ1) is 12.4. The van der Waals surface area contributed by atoms with E-state index in [0.717, 1.165) is 0 Å². The fourth-order valence-corrected chi connectivity index (χ4v) is 4.57. The number of ether oxygens (including phenoxy) is 2. The van der Waals surface area contributed by atoms with E-state index >= 15 is 0 Å². The number of aromatic amines is 1. The van der Waals surface area contributed by atoms with Crippen molar-refractivity contribution < 1.29 is 18.6 Å². The van der Waals surface area contributed by atoms with Gasteiger partial charge in [-0.2, -0.15) is 0 Å². The summed E-state index contributed by atoms with van der Waals surface area (Å²) >= 11 is 6.08. The van der Waals surface area contributed by atoms with Gasteiger partial charge in [-0.3, -0.25) is 18.9 Å². The van der Waals surface area contributed by atoms with Crippen LogP contribution in [0.15, 0.2) is 15.8 Å². The van der Waals surface area contributed by atoms with E-state index in [9.17, 15) is 14.2 Å². The molecule has 2 N–H and O–H groups in total. The summed E-state index contributed by atoms with van der Waals surface area (Å²) in [6.45, 7) is 0.832. The molecule has 2 aliphatic heterocycles. The third-order valence-corrected chi connectivity index (χ3v) is 6.72. The van der Waals surface area contributed by atoms with Gasteiger partial charge in [0.2, 0.25) is 0 Å². The van der Waals surface area contributed by atoms with Gasteiger partial charge in [-0.25, -0.2) is 9.46 Å². The minimum absolute atomic E-state index is 0.0126. The van der Waals surface area contributed by atoms with Crippen LogP contribution < -0.4 is 16.6 Å². The summed E-state index contributed by atoms with van der Waals surface area (Å²) in [6, 6.07) is 0. The highest BCUT2D eigenvalue weighted by molar-refractivity contribution is 7.83. The second-order valence-corrected chi connectivity index (χ2v) is 9.17. The first kappa shape index (κ1) is 19.8. The van der Waals surface area contributed by atoms with Crippen LogP contribution in [0, 0.1) is 6.92 Å².